The van der Waals surface area contributed by atoms with E-state index in [0.717, 1.165) is 29.4 Å². The van der Waals surface area contributed by atoms with Gasteiger partial charge in [-0.3, -0.25) is 9.59 Å². The van der Waals surface area contributed by atoms with Crippen LogP contribution in [-0.4, -0.2) is 33.2 Å². The van der Waals surface area contributed by atoms with E-state index in [9.17, 15) is 24.2 Å². The van der Waals surface area contributed by atoms with Crippen LogP contribution in [0.25, 0.3) is 22.3 Å². The highest BCUT2D eigenvalue weighted by molar-refractivity contribution is 5.93. The number of pyridine rings is 2. The third-order valence-electron chi connectivity index (χ3n) is 6.82. The van der Waals surface area contributed by atoms with Gasteiger partial charge in [-0.1, -0.05) is 6.92 Å². The molecule has 7 nitrogen and oxygen atoms in total. The van der Waals surface area contributed by atoms with Crippen molar-refractivity contribution < 1.29 is 24.1 Å². The monoisotopic (exact) mass is 438 g/mol. The van der Waals surface area contributed by atoms with E-state index in [0.29, 0.717) is 35.2 Å². The quantitative estimate of drug-likeness (QED) is 0.465. The number of phenolic OH excluding ortho intramolecular Hbond substituents is 1. The van der Waals surface area contributed by atoms with Gasteiger partial charge in [0.25, 0.3) is 5.56 Å². The van der Waals surface area contributed by atoms with Gasteiger partial charge in [-0.2, -0.15) is 0 Å². The van der Waals surface area contributed by atoms with Crippen LogP contribution in [0.4, 0.5) is 4.39 Å². The number of hydrogen-bond acceptors (Lipinski definition) is 6. The Morgan fingerprint density at radius 2 is 2.03 bits per heavy atom. The van der Waals surface area contributed by atoms with Gasteiger partial charge in [-0.15, -0.1) is 0 Å². The molecule has 1 aliphatic heterocycles. The summed E-state index contributed by atoms with van der Waals surface area (Å²) in [5.74, 6) is -1.06. The number of nitrogens with zero attached hydrogens (tertiary/aromatic N) is 2. The van der Waals surface area contributed by atoms with Gasteiger partial charge in [-0.25, -0.2) is 9.37 Å². The van der Waals surface area contributed by atoms with Gasteiger partial charge in [0.2, 0.25) is 0 Å². The lowest BCUT2D eigenvalue weighted by molar-refractivity contribution is -0.125. The summed E-state index contributed by atoms with van der Waals surface area (Å²) in [6.45, 7) is 1.89. The molecule has 1 atom stereocenters. The molecule has 0 saturated carbocycles. The van der Waals surface area contributed by atoms with Gasteiger partial charge in [0, 0.05) is 40.8 Å². The van der Waals surface area contributed by atoms with Crippen molar-refractivity contribution in [2.45, 2.75) is 51.4 Å². The van der Waals surface area contributed by atoms with E-state index >= 15 is 0 Å². The van der Waals surface area contributed by atoms with E-state index in [1.807, 2.05) is 0 Å². The number of fused-ring (bicyclic) bond motifs is 4. The summed E-state index contributed by atoms with van der Waals surface area (Å²) >= 11 is 0. The average molecular weight is 438 g/mol. The number of rotatable bonds is 5. The number of phenols is 1. The molecule has 0 radical (unpaired) electrons. The number of ether oxygens (including phenoxy) is 1. The molecule has 2 N–H and O–H groups in total. The maximum absolute atomic E-state index is 14.4. The molecule has 0 saturated heterocycles. The van der Waals surface area contributed by atoms with Crippen LogP contribution in [0, 0.1) is 5.82 Å². The minimum absolute atomic E-state index is 0.0492. The number of methoxy groups -OCH3 is 1. The Morgan fingerprint density at radius 3 is 2.72 bits per heavy atom. The number of carbonyl (C=O) groups excluding carboxylic acids is 1. The third-order valence-corrected chi connectivity index (χ3v) is 6.82. The molecule has 5 rings (SSSR count). The molecule has 3 heterocycles. The summed E-state index contributed by atoms with van der Waals surface area (Å²) in [7, 11) is 1.45. The van der Waals surface area contributed by atoms with Gasteiger partial charge < -0.3 is 19.5 Å². The summed E-state index contributed by atoms with van der Waals surface area (Å²) < 4.78 is 21.2. The van der Waals surface area contributed by atoms with Gasteiger partial charge in [-0.05, 0) is 37.3 Å². The molecule has 32 heavy (non-hydrogen) atoms. The summed E-state index contributed by atoms with van der Waals surface area (Å²) in [6.07, 6.45) is 2.57. The van der Waals surface area contributed by atoms with Crippen molar-refractivity contribution in [3.63, 3.8) is 0 Å². The van der Waals surface area contributed by atoms with Crippen LogP contribution in [0.3, 0.4) is 0 Å². The molecule has 2 aromatic heterocycles. The van der Waals surface area contributed by atoms with E-state index in [4.69, 9.17) is 4.74 Å². The molecular weight excluding hydrogens is 415 g/mol. The van der Waals surface area contributed by atoms with E-state index in [1.54, 1.807) is 17.6 Å². The highest BCUT2D eigenvalue weighted by Gasteiger charge is 2.36. The summed E-state index contributed by atoms with van der Waals surface area (Å²) in [6, 6.07) is 2.85. The van der Waals surface area contributed by atoms with Crippen LogP contribution in [0.2, 0.25) is 0 Å². The largest absolute Gasteiger partial charge is 0.505 e. The average Bonchev–Trinajstić information content (AvgIpc) is 3.17. The van der Waals surface area contributed by atoms with Crippen LogP contribution in [0.5, 0.6) is 5.75 Å². The number of benzene rings is 1. The van der Waals surface area contributed by atoms with Crippen LogP contribution in [0.1, 0.15) is 47.6 Å². The summed E-state index contributed by atoms with van der Waals surface area (Å²) in [4.78, 5) is 29.9. The summed E-state index contributed by atoms with van der Waals surface area (Å²) in [5.41, 5.74) is 2.06. The highest BCUT2D eigenvalue weighted by Crippen LogP contribution is 2.43. The number of aromatic nitrogens is 2. The molecule has 1 aromatic carbocycles. The zero-order valence-corrected chi connectivity index (χ0v) is 17.9. The van der Waals surface area contributed by atoms with Gasteiger partial charge in [0.05, 0.1) is 30.1 Å². The Morgan fingerprint density at radius 1 is 1.28 bits per heavy atom. The Balaban J connectivity index is 1.85. The predicted octanol–water partition coefficient (Wildman–Crippen LogP) is 2.70. The number of hydrogen-bond donors (Lipinski definition) is 2. The van der Waals surface area contributed by atoms with Crippen molar-refractivity contribution in [1.29, 1.82) is 0 Å². The topological polar surface area (TPSA) is 102 Å². The molecule has 8 heteroatoms. The summed E-state index contributed by atoms with van der Waals surface area (Å²) in [5, 5.41) is 21.9. The molecule has 3 aromatic rings. The van der Waals surface area contributed by atoms with Gasteiger partial charge >= 0.3 is 0 Å². The third kappa shape index (κ3) is 2.69. The van der Waals surface area contributed by atoms with Crippen molar-refractivity contribution >= 4 is 17.2 Å². The standard InChI is InChI=1S/C24H23FN2O5/c1-3-24(31,11-28)16-7-19-21-14(9-27(19)23(30)15(16)10-32-2)12-5-4-6-13-20(12)18(26-21)8-17(25)22(13)29/h7-8,11,29,31H,3-6,9-10H2,1-2H3/t24-/m1/s1. The molecule has 0 unspecified atom stereocenters. The molecule has 2 aliphatic rings. The second-order valence-corrected chi connectivity index (χ2v) is 8.49. The number of aryl methyl sites for hydroxylation is 2. The fraction of sp³-hybridized carbons (Fsp3) is 0.375. The van der Waals surface area contributed by atoms with Gasteiger partial charge in [0.1, 0.15) is 5.60 Å². The zero-order valence-electron chi connectivity index (χ0n) is 17.9. The lowest BCUT2D eigenvalue weighted by atomic mass is 9.86. The van der Waals surface area contributed by atoms with E-state index < -0.39 is 11.4 Å². The molecule has 166 valence electrons. The van der Waals surface area contributed by atoms with Crippen molar-refractivity contribution in [3.05, 3.63) is 56.1 Å². The van der Waals surface area contributed by atoms with E-state index in [-0.39, 0.29) is 42.0 Å². The Bertz CT molecular complexity index is 1360. The van der Waals surface area contributed by atoms with Crippen molar-refractivity contribution in [1.82, 2.24) is 9.55 Å². The lowest BCUT2D eigenvalue weighted by Gasteiger charge is -2.24. The van der Waals surface area contributed by atoms with E-state index in [2.05, 4.69) is 4.98 Å². The Labute approximate surface area is 183 Å². The van der Waals surface area contributed by atoms with Gasteiger partial charge in [0.15, 0.2) is 17.9 Å². The molecule has 0 spiro atoms. The first-order chi connectivity index (χ1) is 15.3. The number of aliphatic hydroxyl groups is 1. The predicted molar refractivity (Wildman–Crippen MR) is 115 cm³/mol. The molecular formula is C24H23FN2O5. The van der Waals surface area contributed by atoms with E-state index in [1.165, 1.54) is 13.2 Å². The van der Waals surface area contributed by atoms with Crippen LogP contribution in [0.15, 0.2) is 16.9 Å². The smallest absolute Gasteiger partial charge is 0.257 e. The first-order valence-corrected chi connectivity index (χ1v) is 10.7. The Hall–Kier alpha value is -3.10. The van der Waals surface area contributed by atoms with Crippen LogP contribution < -0.4 is 5.56 Å². The number of aldehydes is 1. The maximum atomic E-state index is 14.4. The first-order valence-electron chi connectivity index (χ1n) is 10.7. The normalized spacial score (nSPS) is 16.0. The number of halogens is 1. The Kier molecular flexibility index (Phi) is 4.69. The zero-order chi connectivity index (χ0) is 22.8. The fourth-order valence-electron chi connectivity index (χ4n) is 5.14. The minimum Gasteiger partial charge on any atom is -0.505 e. The van der Waals surface area contributed by atoms with Crippen molar-refractivity contribution in [2.75, 3.05) is 7.11 Å². The molecule has 0 amide bonds. The second kappa shape index (κ2) is 7.21. The minimum atomic E-state index is -1.83. The number of carbonyl (C=O) groups is 1. The number of aromatic hydroxyl groups is 1. The second-order valence-electron chi connectivity index (χ2n) is 8.49. The van der Waals surface area contributed by atoms with Crippen LogP contribution >= 0.6 is 0 Å². The fourth-order valence-corrected chi connectivity index (χ4v) is 5.14. The van der Waals surface area contributed by atoms with Crippen LogP contribution in [-0.2, 0) is 41.1 Å². The molecule has 0 fully saturated rings. The molecule has 1 aliphatic carbocycles. The lowest BCUT2D eigenvalue weighted by Crippen LogP contribution is -2.34. The molecule has 0 bridgehead atoms. The van der Waals surface area contributed by atoms with Crippen molar-refractivity contribution in [2.24, 2.45) is 0 Å². The first kappa shape index (κ1) is 20.8. The SMILES string of the molecule is CC[C@@](O)(C=O)c1cc2n(c(=O)c1COC)Cc1c-2nc2cc(F)c(O)c3c2c1CCC3. The van der Waals surface area contributed by atoms with Crippen molar-refractivity contribution in [3.8, 4) is 17.1 Å². The highest BCUT2D eigenvalue weighted by atomic mass is 19.1. The maximum Gasteiger partial charge on any atom is 0.257 e.